The number of nitrogens with one attached hydrogen (secondary N) is 1. The van der Waals surface area contributed by atoms with Crippen LogP contribution >= 0.6 is 0 Å². The molecule has 0 bridgehead atoms. The van der Waals surface area contributed by atoms with Gasteiger partial charge in [0.1, 0.15) is 5.82 Å². The predicted molar refractivity (Wildman–Crippen MR) is 74.0 cm³/mol. The summed E-state index contributed by atoms with van der Waals surface area (Å²) in [4.78, 5) is 0. The number of ether oxygens (including phenoxy) is 1. The van der Waals surface area contributed by atoms with E-state index in [1.807, 2.05) is 37.4 Å². The Balaban J connectivity index is 2.11. The fraction of sp³-hybridized carbons (Fsp3) is 0.250. The molecule has 0 unspecified atom stereocenters. The van der Waals surface area contributed by atoms with Gasteiger partial charge in [-0.25, -0.2) is 4.39 Å². The van der Waals surface area contributed by atoms with Crippen molar-refractivity contribution in [2.24, 2.45) is 0 Å². The Hall–Kier alpha value is -1.87. The summed E-state index contributed by atoms with van der Waals surface area (Å²) in [5.74, 6) is -0.166. The minimum atomic E-state index is -0.349. The summed E-state index contributed by atoms with van der Waals surface area (Å²) >= 11 is 0. The zero-order chi connectivity index (χ0) is 13.3. The van der Waals surface area contributed by atoms with Crippen LogP contribution in [0.5, 0.6) is 0 Å². The van der Waals surface area contributed by atoms with Gasteiger partial charge in [-0.2, -0.15) is 0 Å². The van der Waals surface area contributed by atoms with E-state index in [9.17, 15) is 4.39 Å². The van der Waals surface area contributed by atoms with Gasteiger partial charge in [0, 0.05) is 18.3 Å². The fourth-order valence-electron chi connectivity index (χ4n) is 2.61. The number of rotatable bonds is 3. The molecular formula is C16H16FNO. The summed E-state index contributed by atoms with van der Waals surface area (Å²) in [6, 6.07) is 15.0. The Morgan fingerprint density at radius 3 is 2.53 bits per heavy atom. The second kappa shape index (κ2) is 4.67. The number of hydrogen-bond donors (Lipinski definition) is 1. The highest BCUT2D eigenvalue weighted by Crippen LogP contribution is 2.40. The van der Waals surface area contributed by atoms with Gasteiger partial charge in [0.2, 0.25) is 0 Å². The molecule has 0 saturated carbocycles. The Morgan fingerprint density at radius 1 is 1.11 bits per heavy atom. The number of halogens is 1. The molecule has 3 heteroatoms. The Labute approximate surface area is 112 Å². The molecule has 1 aliphatic rings. The van der Waals surface area contributed by atoms with Crippen LogP contribution in [0, 0.1) is 5.82 Å². The maximum Gasteiger partial charge on any atom is 0.127 e. The van der Waals surface area contributed by atoms with Crippen molar-refractivity contribution in [3.8, 4) is 0 Å². The summed E-state index contributed by atoms with van der Waals surface area (Å²) in [5.41, 5.74) is 2.49. The topological polar surface area (TPSA) is 21.3 Å². The van der Waals surface area contributed by atoms with Crippen LogP contribution in [0.15, 0.2) is 48.5 Å². The Bertz CT molecular complexity index is 593. The van der Waals surface area contributed by atoms with E-state index >= 15 is 0 Å². The molecule has 3 rings (SSSR count). The van der Waals surface area contributed by atoms with Crippen molar-refractivity contribution in [3.63, 3.8) is 0 Å². The third-order valence-electron chi connectivity index (χ3n) is 3.79. The van der Waals surface area contributed by atoms with Crippen LogP contribution in [-0.2, 0) is 10.2 Å². The van der Waals surface area contributed by atoms with E-state index in [4.69, 9.17) is 4.74 Å². The Morgan fingerprint density at radius 2 is 1.89 bits per heavy atom. The van der Waals surface area contributed by atoms with Crippen LogP contribution in [-0.4, -0.2) is 20.3 Å². The minimum absolute atomic E-state index is 0.166. The van der Waals surface area contributed by atoms with E-state index in [1.54, 1.807) is 6.07 Å². The number of anilines is 1. The van der Waals surface area contributed by atoms with E-state index in [2.05, 4.69) is 11.4 Å². The average molecular weight is 257 g/mol. The van der Waals surface area contributed by atoms with Crippen LogP contribution < -0.4 is 5.32 Å². The van der Waals surface area contributed by atoms with Crippen LogP contribution in [0.3, 0.4) is 0 Å². The SMILES string of the molecule is CNc1cccc(C2(c3ccccc3F)COC2)c1. The maximum absolute atomic E-state index is 14.1. The van der Waals surface area contributed by atoms with Crippen molar-refractivity contribution in [2.45, 2.75) is 5.41 Å². The van der Waals surface area contributed by atoms with Crippen LogP contribution in [0.4, 0.5) is 10.1 Å². The zero-order valence-electron chi connectivity index (χ0n) is 10.8. The lowest BCUT2D eigenvalue weighted by atomic mass is 9.72. The second-order valence-electron chi connectivity index (χ2n) is 4.89. The normalized spacial score (nSPS) is 16.7. The third kappa shape index (κ3) is 1.90. The minimum Gasteiger partial charge on any atom is -0.388 e. The predicted octanol–water partition coefficient (Wildman–Crippen LogP) is 3.18. The largest absolute Gasteiger partial charge is 0.388 e. The lowest BCUT2D eigenvalue weighted by Crippen LogP contribution is -2.48. The molecule has 1 aliphatic heterocycles. The van der Waals surface area contributed by atoms with E-state index in [0.29, 0.717) is 13.2 Å². The number of hydrogen-bond acceptors (Lipinski definition) is 2. The highest BCUT2D eigenvalue weighted by Gasteiger charge is 2.43. The molecule has 19 heavy (non-hydrogen) atoms. The van der Waals surface area contributed by atoms with Gasteiger partial charge >= 0.3 is 0 Å². The molecule has 0 amide bonds. The highest BCUT2D eigenvalue weighted by molar-refractivity contribution is 5.51. The summed E-state index contributed by atoms with van der Waals surface area (Å²) in [6.07, 6.45) is 0. The molecule has 1 saturated heterocycles. The van der Waals surface area contributed by atoms with Gasteiger partial charge in [0.25, 0.3) is 0 Å². The lowest BCUT2D eigenvalue weighted by Gasteiger charge is -2.42. The van der Waals surface area contributed by atoms with Gasteiger partial charge in [-0.15, -0.1) is 0 Å². The summed E-state index contributed by atoms with van der Waals surface area (Å²) < 4.78 is 19.5. The van der Waals surface area contributed by atoms with Crippen molar-refractivity contribution in [2.75, 3.05) is 25.6 Å². The van der Waals surface area contributed by atoms with Crippen molar-refractivity contribution < 1.29 is 9.13 Å². The smallest absolute Gasteiger partial charge is 0.127 e. The van der Waals surface area contributed by atoms with E-state index in [0.717, 1.165) is 16.8 Å². The first-order chi connectivity index (χ1) is 9.26. The molecule has 98 valence electrons. The van der Waals surface area contributed by atoms with Crippen molar-refractivity contribution in [1.82, 2.24) is 0 Å². The molecule has 0 radical (unpaired) electrons. The molecule has 2 nitrogen and oxygen atoms in total. The molecule has 2 aromatic carbocycles. The first-order valence-corrected chi connectivity index (χ1v) is 6.37. The van der Waals surface area contributed by atoms with Crippen LogP contribution in [0.2, 0.25) is 0 Å². The van der Waals surface area contributed by atoms with Crippen molar-refractivity contribution in [1.29, 1.82) is 0 Å². The quantitative estimate of drug-likeness (QED) is 0.911. The Kier molecular flexibility index (Phi) is 2.99. The molecule has 0 atom stereocenters. The summed E-state index contributed by atoms with van der Waals surface area (Å²) in [6.45, 7) is 1.06. The summed E-state index contributed by atoms with van der Waals surface area (Å²) in [7, 11) is 1.88. The van der Waals surface area contributed by atoms with Crippen LogP contribution in [0.1, 0.15) is 11.1 Å². The average Bonchev–Trinajstić information content (AvgIpc) is 2.40. The van der Waals surface area contributed by atoms with Crippen molar-refractivity contribution >= 4 is 5.69 Å². The molecule has 2 aromatic rings. The van der Waals surface area contributed by atoms with E-state index < -0.39 is 0 Å². The van der Waals surface area contributed by atoms with Crippen LogP contribution in [0.25, 0.3) is 0 Å². The maximum atomic E-state index is 14.1. The lowest BCUT2D eigenvalue weighted by molar-refractivity contribution is -0.0395. The first-order valence-electron chi connectivity index (χ1n) is 6.37. The molecule has 0 aromatic heterocycles. The molecule has 1 N–H and O–H groups in total. The molecule has 1 heterocycles. The van der Waals surface area contributed by atoms with Gasteiger partial charge in [-0.1, -0.05) is 30.3 Å². The second-order valence-corrected chi connectivity index (χ2v) is 4.89. The van der Waals surface area contributed by atoms with E-state index in [1.165, 1.54) is 6.07 Å². The van der Waals surface area contributed by atoms with Gasteiger partial charge < -0.3 is 10.1 Å². The fourth-order valence-corrected chi connectivity index (χ4v) is 2.61. The molecule has 0 spiro atoms. The van der Waals surface area contributed by atoms with Gasteiger partial charge in [0.15, 0.2) is 0 Å². The first kappa shape index (κ1) is 12.2. The standard InChI is InChI=1S/C16H16FNO/c1-18-13-6-4-5-12(9-13)16(10-19-11-16)14-7-2-3-8-15(14)17/h2-9,18H,10-11H2,1H3. The summed E-state index contributed by atoms with van der Waals surface area (Å²) in [5, 5.41) is 3.12. The molecular weight excluding hydrogens is 241 g/mol. The molecule has 0 aliphatic carbocycles. The van der Waals surface area contributed by atoms with E-state index in [-0.39, 0.29) is 11.2 Å². The monoisotopic (exact) mass is 257 g/mol. The third-order valence-corrected chi connectivity index (χ3v) is 3.79. The number of benzene rings is 2. The van der Waals surface area contributed by atoms with Gasteiger partial charge in [0.05, 0.1) is 18.6 Å². The highest BCUT2D eigenvalue weighted by atomic mass is 19.1. The van der Waals surface area contributed by atoms with Gasteiger partial charge in [-0.3, -0.25) is 0 Å². The zero-order valence-corrected chi connectivity index (χ0v) is 10.8. The van der Waals surface area contributed by atoms with Gasteiger partial charge in [-0.05, 0) is 23.8 Å². The molecule has 1 fully saturated rings. The van der Waals surface area contributed by atoms with Crippen molar-refractivity contribution in [3.05, 3.63) is 65.5 Å².